The highest BCUT2D eigenvalue weighted by Gasteiger charge is 2.11. The van der Waals surface area contributed by atoms with Crippen LogP contribution in [0.25, 0.3) is 11.1 Å². The molecule has 0 aliphatic heterocycles. The highest BCUT2D eigenvalue weighted by molar-refractivity contribution is 5.85. The molecule has 3 aromatic rings. The first-order chi connectivity index (χ1) is 11.7. The first kappa shape index (κ1) is 19.0. The van der Waals surface area contributed by atoms with Gasteiger partial charge in [0.05, 0.1) is 0 Å². The fourth-order valence-corrected chi connectivity index (χ4v) is 2.81. The van der Waals surface area contributed by atoms with Crippen LogP contribution >= 0.6 is 12.4 Å². The first-order valence-electron chi connectivity index (χ1n) is 8.25. The van der Waals surface area contributed by atoms with Crippen LogP contribution in [0, 0.1) is 13.8 Å². The van der Waals surface area contributed by atoms with Crippen molar-refractivity contribution >= 4 is 12.4 Å². The molecule has 0 unspecified atom stereocenters. The van der Waals surface area contributed by atoms with E-state index in [1.807, 2.05) is 18.2 Å². The molecule has 0 spiro atoms. The average molecular weight is 354 g/mol. The maximum atomic E-state index is 6.16. The third kappa shape index (κ3) is 4.41. The van der Waals surface area contributed by atoms with Gasteiger partial charge in [0.1, 0.15) is 12.4 Å². The quantitative estimate of drug-likeness (QED) is 0.663. The Morgan fingerprint density at radius 1 is 0.800 bits per heavy atom. The Hall–Kier alpha value is -2.29. The highest BCUT2D eigenvalue weighted by atomic mass is 35.5. The van der Waals surface area contributed by atoms with Crippen LogP contribution in [0.3, 0.4) is 0 Å². The topological polar surface area (TPSA) is 35.2 Å². The van der Waals surface area contributed by atoms with Gasteiger partial charge >= 0.3 is 0 Å². The predicted octanol–water partition coefficient (Wildman–Crippen LogP) is 5.43. The zero-order valence-corrected chi connectivity index (χ0v) is 15.5. The molecule has 0 aromatic heterocycles. The lowest BCUT2D eigenvalue weighted by Crippen LogP contribution is -2.01. The Bertz CT molecular complexity index is 831. The third-order valence-corrected chi connectivity index (χ3v) is 4.41. The molecule has 0 aliphatic rings. The summed E-state index contributed by atoms with van der Waals surface area (Å²) >= 11 is 0. The average Bonchev–Trinajstić information content (AvgIpc) is 2.63. The summed E-state index contributed by atoms with van der Waals surface area (Å²) in [4.78, 5) is 0. The van der Waals surface area contributed by atoms with Crippen molar-refractivity contribution < 1.29 is 4.74 Å². The number of nitrogens with two attached hydrogens (primary N) is 1. The summed E-state index contributed by atoms with van der Waals surface area (Å²) in [5.41, 5.74) is 12.9. The molecular weight excluding hydrogens is 330 g/mol. The van der Waals surface area contributed by atoms with E-state index in [9.17, 15) is 0 Å². The van der Waals surface area contributed by atoms with Crippen molar-refractivity contribution in [3.05, 3.63) is 89.0 Å². The van der Waals surface area contributed by atoms with Gasteiger partial charge in [0.15, 0.2) is 0 Å². The van der Waals surface area contributed by atoms with Crippen molar-refractivity contribution in [1.29, 1.82) is 0 Å². The normalized spacial score (nSPS) is 10.2. The van der Waals surface area contributed by atoms with Crippen molar-refractivity contribution in [3.8, 4) is 16.9 Å². The molecule has 2 N–H and O–H groups in total. The van der Waals surface area contributed by atoms with E-state index in [0.717, 1.165) is 22.4 Å². The summed E-state index contributed by atoms with van der Waals surface area (Å²) in [6.45, 7) is 5.35. The van der Waals surface area contributed by atoms with Crippen molar-refractivity contribution in [2.24, 2.45) is 5.73 Å². The Morgan fingerprint density at radius 2 is 1.56 bits per heavy atom. The summed E-state index contributed by atoms with van der Waals surface area (Å²) < 4.78 is 6.16. The second-order valence-corrected chi connectivity index (χ2v) is 6.06. The Morgan fingerprint density at radius 3 is 2.28 bits per heavy atom. The second kappa shape index (κ2) is 8.70. The second-order valence-electron chi connectivity index (χ2n) is 6.06. The number of aryl methyl sites for hydroxylation is 1. The lowest BCUT2D eigenvalue weighted by Gasteiger charge is -2.16. The Kier molecular flexibility index (Phi) is 6.63. The fourth-order valence-electron chi connectivity index (χ4n) is 2.81. The molecule has 3 heteroatoms. The summed E-state index contributed by atoms with van der Waals surface area (Å²) in [7, 11) is 0. The smallest absolute Gasteiger partial charge is 0.127 e. The maximum absolute atomic E-state index is 6.16. The molecule has 3 rings (SSSR count). The monoisotopic (exact) mass is 353 g/mol. The minimum atomic E-state index is 0. The van der Waals surface area contributed by atoms with Crippen LogP contribution in [0.2, 0.25) is 0 Å². The van der Waals surface area contributed by atoms with Crippen LogP contribution in [0.15, 0.2) is 66.7 Å². The van der Waals surface area contributed by atoms with E-state index in [2.05, 4.69) is 62.4 Å². The molecule has 0 aliphatic carbocycles. The zero-order chi connectivity index (χ0) is 16.9. The van der Waals surface area contributed by atoms with Gasteiger partial charge in [-0.15, -0.1) is 12.4 Å². The molecule has 25 heavy (non-hydrogen) atoms. The van der Waals surface area contributed by atoms with Gasteiger partial charge in [-0.1, -0.05) is 60.7 Å². The van der Waals surface area contributed by atoms with Crippen molar-refractivity contribution in [2.45, 2.75) is 27.0 Å². The van der Waals surface area contributed by atoms with Gasteiger partial charge in [-0.2, -0.15) is 0 Å². The van der Waals surface area contributed by atoms with E-state index >= 15 is 0 Å². The van der Waals surface area contributed by atoms with Gasteiger partial charge in [-0.3, -0.25) is 0 Å². The first-order valence-corrected chi connectivity index (χ1v) is 8.25. The van der Waals surface area contributed by atoms with Gasteiger partial charge in [0.25, 0.3) is 0 Å². The zero-order valence-electron chi connectivity index (χ0n) is 14.7. The molecule has 130 valence electrons. The van der Waals surface area contributed by atoms with E-state index in [1.165, 1.54) is 16.7 Å². The fraction of sp³-hybridized carbons (Fsp3) is 0.182. The van der Waals surface area contributed by atoms with Crippen LogP contribution in [-0.2, 0) is 13.2 Å². The lowest BCUT2D eigenvalue weighted by atomic mass is 9.95. The SMILES string of the molecule is Cc1cccc(-c2ccc(CN)cc2OCc2ccccc2)c1C.Cl. The minimum absolute atomic E-state index is 0. The largest absolute Gasteiger partial charge is 0.488 e. The van der Waals surface area contributed by atoms with Crippen LogP contribution in [0.5, 0.6) is 5.75 Å². The summed E-state index contributed by atoms with van der Waals surface area (Å²) in [5, 5.41) is 0. The molecular formula is C22H24ClNO. The van der Waals surface area contributed by atoms with Gasteiger partial charge < -0.3 is 10.5 Å². The molecule has 0 heterocycles. The maximum Gasteiger partial charge on any atom is 0.127 e. The Labute approximate surface area is 156 Å². The number of ether oxygens (including phenoxy) is 1. The molecule has 3 aromatic carbocycles. The Balaban J connectivity index is 0.00000225. The molecule has 2 nitrogen and oxygen atoms in total. The number of halogens is 1. The molecule has 0 radical (unpaired) electrons. The summed E-state index contributed by atoms with van der Waals surface area (Å²) in [5.74, 6) is 0.885. The summed E-state index contributed by atoms with van der Waals surface area (Å²) in [6.07, 6.45) is 0. The minimum Gasteiger partial charge on any atom is -0.488 e. The van der Waals surface area contributed by atoms with E-state index < -0.39 is 0 Å². The lowest BCUT2D eigenvalue weighted by molar-refractivity contribution is 0.307. The molecule has 0 atom stereocenters. The summed E-state index contributed by atoms with van der Waals surface area (Å²) in [6, 6.07) is 22.8. The van der Waals surface area contributed by atoms with Gasteiger partial charge in [-0.25, -0.2) is 0 Å². The molecule has 0 saturated carbocycles. The predicted molar refractivity (Wildman–Crippen MR) is 107 cm³/mol. The van der Waals surface area contributed by atoms with Crippen LogP contribution in [0.1, 0.15) is 22.3 Å². The number of benzene rings is 3. The van der Waals surface area contributed by atoms with E-state index in [1.54, 1.807) is 0 Å². The van der Waals surface area contributed by atoms with Crippen molar-refractivity contribution in [2.75, 3.05) is 0 Å². The van der Waals surface area contributed by atoms with Crippen molar-refractivity contribution in [1.82, 2.24) is 0 Å². The van der Waals surface area contributed by atoms with Gasteiger partial charge in [-0.05, 0) is 47.7 Å². The standard InChI is InChI=1S/C22H23NO.ClH/c1-16-7-6-10-20(17(16)2)21-12-11-19(14-23)13-22(21)24-15-18-8-4-3-5-9-18;/h3-13H,14-15,23H2,1-2H3;1H. The molecule has 0 fully saturated rings. The van der Waals surface area contributed by atoms with Crippen LogP contribution in [-0.4, -0.2) is 0 Å². The van der Waals surface area contributed by atoms with Gasteiger partial charge in [0.2, 0.25) is 0 Å². The van der Waals surface area contributed by atoms with E-state index in [4.69, 9.17) is 10.5 Å². The highest BCUT2D eigenvalue weighted by Crippen LogP contribution is 2.34. The molecule has 0 amide bonds. The molecule has 0 saturated heterocycles. The number of hydrogen-bond acceptors (Lipinski definition) is 2. The number of rotatable bonds is 5. The van der Waals surface area contributed by atoms with E-state index in [-0.39, 0.29) is 12.4 Å². The van der Waals surface area contributed by atoms with Crippen molar-refractivity contribution in [3.63, 3.8) is 0 Å². The van der Waals surface area contributed by atoms with E-state index in [0.29, 0.717) is 13.2 Å². The third-order valence-electron chi connectivity index (χ3n) is 4.41. The molecule has 0 bridgehead atoms. The van der Waals surface area contributed by atoms with Gasteiger partial charge in [0, 0.05) is 12.1 Å². The van der Waals surface area contributed by atoms with Crippen LogP contribution < -0.4 is 10.5 Å². The van der Waals surface area contributed by atoms with Crippen LogP contribution in [0.4, 0.5) is 0 Å². The number of hydrogen-bond donors (Lipinski definition) is 1.